The zero-order valence-electron chi connectivity index (χ0n) is 8.89. The molecular formula is C12H15NO2. The molecule has 0 aliphatic heterocycles. The number of rotatable bonds is 2. The summed E-state index contributed by atoms with van der Waals surface area (Å²) in [5.41, 5.74) is 4.27. The van der Waals surface area contributed by atoms with E-state index >= 15 is 0 Å². The van der Waals surface area contributed by atoms with Gasteiger partial charge in [-0.25, -0.2) is 0 Å². The highest BCUT2D eigenvalue weighted by atomic mass is 16.4. The Balaban J connectivity index is 2.16. The number of aliphatic carboxylic acids is 1. The molecule has 0 amide bonds. The molecule has 2 aliphatic rings. The average molecular weight is 205 g/mol. The van der Waals surface area contributed by atoms with Crippen LogP contribution in [-0.2, 0) is 23.1 Å². The van der Waals surface area contributed by atoms with Crippen LogP contribution in [0.2, 0.25) is 0 Å². The van der Waals surface area contributed by atoms with Gasteiger partial charge in [-0.05, 0) is 50.2 Å². The van der Waals surface area contributed by atoms with E-state index in [1.165, 1.54) is 17.7 Å². The maximum absolute atomic E-state index is 11.3. The molecule has 1 fully saturated rings. The summed E-state index contributed by atoms with van der Waals surface area (Å²) >= 11 is 0. The van der Waals surface area contributed by atoms with Crippen LogP contribution in [0.4, 0.5) is 0 Å². The molecule has 0 bridgehead atoms. The summed E-state index contributed by atoms with van der Waals surface area (Å²) in [4.78, 5) is 14.7. The average Bonchev–Trinajstić information content (AvgIpc) is 2.74. The van der Waals surface area contributed by atoms with Crippen LogP contribution in [-0.4, -0.2) is 16.1 Å². The van der Waals surface area contributed by atoms with E-state index in [4.69, 9.17) is 0 Å². The Labute approximate surface area is 88.5 Å². The van der Waals surface area contributed by atoms with Gasteiger partial charge in [0.05, 0.1) is 5.41 Å². The van der Waals surface area contributed by atoms with Crippen molar-refractivity contribution in [3.05, 3.63) is 22.5 Å². The van der Waals surface area contributed by atoms with Crippen LogP contribution in [0.1, 0.15) is 41.8 Å². The molecule has 0 radical (unpaired) electrons. The number of carboxylic acid groups (broad SMARTS) is 1. The molecule has 80 valence electrons. The largest absolute Gasteiger partial charge is 0.481 e. The van der Waals surface area contributed by atoms with Gasteiger partial charge in [0.25, 0.3) is 0 Å². The Morgan fingerprint density at radius 1 is 1.40 bits per heavy atom. The lowest BCUT2D eigenvalue weighted by Gasteiger charge is -2.11. The van der Waals surface area contributed by atoms with E-state index in [1.54, 1.807) is 0 Å². The van der Waals surface area contributed by atoms with Crippen LogP contribution < -0.4 is 0 Å². The van der Waals surface area contributed by atoms with Crippen molar-refractivity contribution in [3.8, 4) is 0 Å². The van der Waals surface area contributed by atoms with Crippen molar-refractivity contribution in [1.29, 1.82) is 0 Å². The van der Waals surface area contributed by atoms with E-state index in [2.05, 4.69) is 4.98 Å². The van der Waals surface area contributed by atoms with Gasteiger partial charge in [-0.1, -0.05) is 0 Å². The van der Waals surface area contributed by atoms with Crippen molar-refractivity contribution in [1.82, 2.24) is 4.98 Å². The normalized spacial score (nSPS) is 21.4. The molecule has 0 atom stereocenters. The van der Waals surface area contributed by atoms with Gasteiger partial charge in [0.1, 0.15) is 0 Å². The van der Waals surface area contributed by atoms with Gasteiger partial charge in [0, 0.05) is 11.4 Å². The smallest absolute Gasteiger partial charge is 0.314 e. The third-order valence-corrected chi connectivity index (χ3v) is 3.87. The number of fused-ring (bicyclic) bond motifs is 1. The lowest BCUT2D eigenvalue weighted by molar-refractivity contribution is -0.140. The minimum atomic E-state index is -0.640. The zero-order chi connectivity index (χ0) is 10.6. The molecule has 1 saturated carbocycles. The lowest BCUT2D eigenvalue weighted by atomic mass is 9.92. The van der Waals surface area contributed by atoms with Crippen LogP contribution >= 0.6 is 0 Å². The number of aryl methyl sites for hydroxylation is 2. The highest BCUT2D eigenvalue weighted by Crippen LogP contribution is 2.52. The molecule has 3 nitrogen and oxygen atoms in total. The molecule has 1 heterocycles. The second-order valence-electron chi connectivity index (χ2n) is 4.82. The molecule has 2 N–H and O–H groups in total. The topological polar surface area (TPSA) is 53.1 Å². The van der Waals surface area contributed by atoms with Crippen LogP contribution in [0.25, 0.3) is 0 Å². The maximum Gasteiger partial charge on any atom is 0.314 e. The second kappa shape index (κ2) is 2.65. The molecule has 0 saturated heterocycles. The molecule has 3 rings (SSSR count). The van der Waals surface area contributed by atoms with Crippen molar-refractivity contribution in [2.45, 2.75) is 44.4 Å². The molecule has 1 aromatic rings. The van der Waals surface area contributed by atoms with E-state index < -0.39 is 11.4 Å². The van der Waals surface area contributed by atoms with Gasteiger partial charge in [-0.15, -0.1) is 0 Å². The summed E-state index contributed by atoms with van der Waals surface area (Å²) in [6.07, 6.45) is 4.95. The highest BCUT2D eigenvalue weighted by Gasteiger charge is 2.54. The Morgan fingerprint density at radius 2 is 2.13 bits per heavy atom. The van der Waals surface area contributed by atoms with E-state index in [1.807, 2.05) is 6.92 Å². The van der Waals surface area contributed by atoms with Gasteiger partial charge in [0.2, 0.25) is 0 Å². The first-order chi connectivity index (χ1) is 7.15. The summed E-state index contributed by atoms with van der Waals surface area (Å²) in [7, 11) is 0. The summed E-state index contributed by atoms with van der Waals surface area (Å²) in [6, 6.07) is 0. The Morgan fingerprint density at radius 3 is 2.73 bits per heavy atom. The first-order valence-electron chi connectivity index (χ1n) is 5.59. The molecule has 3 heteroatoms. The summed E-state index contributed by atoms with van der Waals surface area (Å²) < 4.78 is 0. The molecule has 0 unspecified atom stereocenters. The third-order valence-electron chi connectivity index (χ3n) is 3.87. The molecule has 1 aromatic heterocycles. The van der Waals surface area contributed by atoms with E-state index in [0.717, 1.165) is 36.9 Å². The van der Waals surface area contributed by atoms with Gasteiger partial charge in [0.15, 0.2) is 0 Å². The van der Waals surface area contributed by atoms with Crippen LogP contribution in [0.3, 0.4) is 0 Å². The third kappa shape index (κ3) is 1.03. The fourth-order valence-corrected chi connectivity index (χ4v) is 3.02. The molecular weight excluding hydrogens is 190 g/mol. The summed E-state index contributed by atoms with van der Waals surface area (Å²) in [6.45, 7) is 2.01. The first kappa shape index (κ1) is 9.01. The van der Waals surface area contributed by atoms with Crippen LogP contribution in [0.5, 0.6) is 0 Å². The molecule has 0 spiro atoms. The quantitative estimate of drug-likeness (QED) is 0.775. The predicted octanol–water partition coefficient (Wildman–Crippen LogP) is 1.93. The molecule has 15 heavy (non-hydrogen) atoms. The zero-order valence-corrected chi connectivity index (χ0v) is 8.89. The Kier molecular flexibility index (Phi) is 1.59. The molecule has 0 aromatic carbocycles. The highest BCUT2D eigenvalue weighted by molar-refractivity contribution is 5.86. The number of hydrogen-bond acceptors (Lipinski definition) is 1. The van der Waals surface area contributed by atoms with E-state index in [9.17, 15) is 9.90 Å². The summed E-state index contributed by atoms with van der Waals surface area (Å²) in [5, 5.41) is 9.32. The van der Waals surface area contributed by atoms with Crippen molar-refractivity contribution in [3.63, 3.8) is 0 Å². The Bertz CT molecular complexity index is 441. The van der Waals surface area contributed by atoms with E-state index in [-0.39, 0.29) is 0 Å². The van der Waals surface area contributed by atoms with Crippen molar-refractivity contribution >= 4 is 5.97 Å². The van der Waals surface area contributed by atoms with Gasteiger partial charge < -0.3 is 10.1 Å². The van der Waals surface area contributed by atoms with Gasteiger partial charge in [-0.2, -0.15) is 0 Å². The fourth-order valence-electron chi connectivity index (χ4n) is 3.02. The minimum absolute atomic E-state index is 0.529. The minimum Gasteiger partial charge on any atom is -0.481 e. The number of H-pyrrole nitrogens is 1. The standard InChI is InChI=1S/C12H15NO2/c1-7-10(12(5-6-12)11(14)15)8-3-2-4-9(8)13-7/h13H,2-6H2,1H3,(H,14,15). The number of carbonyl (C=O) groups is 1. The van der Waals surface area contributed by atoms with Crippen molar-refractivity contribution in [2.24, 2.45) is 0 Å². The lowest BCUT2D eigenvalue weighted by Crippen LogP contribution is -2.21. The SMILES string of the molecule is Cc1[nH]c2c(c1C1(C(=O)O)CC1)CCC2. The second-order valence-corrected chi connectivity index (χ2v) is 4.82. The van der Waals surface area contributed by atoms with Crippen molar-refractivity contribution < 1.29 is 9.90 Å². The number of nitrogens with one attached hydrogen (secondary N) is 1. The summed E-state index contributed by atoms with van der Waals surface area (Å²) in [5.74, 6) is -0.640. The Hall–Kier alpha value is -1.25. The molecule has 2 aliphatic carbocycles. The maximum atomic E-state index is 11.3. The predicted molar refractivity (Wildman–Crippen MR) is 56.1 cm³/mol. The van der Waals surface area contributed by atoms with Crippen LogP contribution in [0, 0.1) is 6.92 Å². The first-order valence-corrected chi connectivity index (χ1v) is 5.59. The number of hydrogen-bond donors (Lipinski definition) is 2. The van der Waals surface area contributed by atoms with Gasteiger partial charge >= 0.3 is 5.97 Å². The van der Waals surface area contributed by atoms with Crippen molar-refractivity contribution in [2.75, 3.05) is 0 Å². The van der Waals surface area contributed by atoms with E-state index in [0.29, 0.717) is 0 Å². The fraction of sp³-hybridized carbons (Fsp3) is 0.583. The number of carboxylic acids is 1. The number of aromatic amines is 1. The van der Waals surface area contributed by atoms with Gasteiger partial charge in [-0.3, -0.25) is 4.79 Å². The van der Waals surface area contributed by atoms with Crippen LogP contribution in [0.15, 0.2) is 0 Å². The number of aromatic nitrogens is 1. The monoisotopic (exact) mass is 205 g/mol.